The Labute approximate surface area is 194 Å². The van der Waals surface area contributed by atoms with E-state index in [1.807, 2.05) is 19.1 Å². The molecule has 7 heteroatoms. The molecule has 0 bridgehead atoms. The van der Waals surface area contributed by atoms with Gasteiger partial charge in [0.05, 0.1) is 28.0 Å². The van der Waals surface area contributed by atoms with E-state index in [0.717, 1.165) is 48.9 Å². The van der Waals surface area contributed by atoms with Crippen molar-refractivity contribution in [3.8, 4) is 0 Å². The van der Waals surface area contributed by atoms with Gasteiger partial charge in [-0.25, -0.2) is 8.42 Å². The molecular weight excluding hydrogens is 436 g/mol. The largest absolute Gasteiger partial charge is 0.300 e. The van der Waals surface area contributed by atoms with Crippen LogP contribution in [0.3, 0.4) is 0 Å². The molecule has 2 aromatic rings. The van der Waals surface area contributed by atoms with E-state index in [1.165, 1.54) is 0 Å². The summed E-state index contributed by atoms with van der Waals surface area (Å²) in [7, 11) is -3.31. The first-order valence-electron chi connectivity index (χ1n) is 11.7. The topological polar surface area (TPSA) is 94.1 Å². The lowest BCUT2D eigenvalue weighted by molar-refractivity contribution is -0.117. The van der Waals surface area contributed by atoms with Crippen LogP contribution < -0.4 is 0 Å². The van der Waals surface area contributed by atoms with Crippen molar-refractivity contribution in [1.82, 2.24) is 9.97 Å². The van der Waals surface area contributed by atoms with Gasteiger partial charge in [0.2, 0.25) is 0 Å². The van der Waals surface area contributed by atoms with Gasteiger partial charge >= 0.3 is 0 Å². The zero-order valence-electron chi connectivity index (χ0n) is 18.8. The van der Waals surface area contributed by atoms with Crippen LogP contribution in [-0.4, -0.2) is 35.2 Å². The molecule has 33 heavy (non-hydrogen) atoms. The van der Waals surface area contributed by atoms with Gasteiger partial charge in [-0.2, -0.15) is 0 Å². The molecule has 0 spiro atoms. The summed E-state index contributed by atoms with van der Waals surface area (Å²) in [6.07, 6.45) is 10.4. The summed E-state index contributed by atoms with van der Waals surface area (Å²) in [5.41, 5.74) is 3.50. The van der Waals surface area contributed by atoms with Gasteiger partial charge in [0.15, 0.2) is 15.6 Å². The second kappa shape index (κ2) is 8.60. The molecule has 0 unspecified atom stereocenters. The number of ketones is 2. The van der Waals surface area contributed by atoms with Crippen molar-refractivity contribution in [2.45, 2.75) is 74.4 Å². The minimum atomic E-state index is -3.31. The van der Waals surface area contributed by atoms with Crippen LogP contribution in [0.15, 0.2) is 41.6 Å². The number of carbonyl (C=O) groups excluding carboxylic acids is 2. The fourth-order valence-electron chi connectivity index (χ4n) is 4.59. The number of carbonyl (C=O) groups is 2. The van der Waals surface area contributed by atoms with Gasteiger partial charge in [-0.05, 0) is 74.1 Å². The SMILES string of the molecule is Cc1cnc(CC(=O)/C(=C/[C@H]2CCC(=O)C2)c2ccc(S(=O)(=O)C3CC3)c(C3CC3)c2)cn1. The molecule has 3 aliphatic carbocycles. The van der Waals surface area contributed by atoms with E-state index in [2.05, 4.69) is 9.97 Å². The van der Waals surface area contributed by atoms with Gasteiger partial charge in [-0.3, -0.25) is 19.6 Å². The number of nitrogens with zero attached hydrogens (tertiary/aromatic N) is 2. The molecule has 0 N–H and O–H groups in total. The van der Waals surface area contributed by atoms with Crippen LogP contribution in [0.5, 0.6) is 0 Å². The van der Waals surface area contributed by atoms with Gasteiger partial charge in [0.25, 0.3) is 0 Å². The summed E-state index contributed by atoms with van der Waals surface area (Å²) < 4.78 is 26.0. The Morgan fingerprint density at radius 1 is 1.09 bits per heavy atom. The predicted molar refractivity (Wildman–Crippen MR) is 124 cm³/mol. The summed E-state index contributed by atoms with van der Waals surface area (Å²) >= 11 is 0. The number of aromatic nitrogens is 2. The maximum atomic E-state index is 13.4. The number of Topliss-reactive ketones (excluding diaryl/α,β-unsaturated/α-hetero) is 2. The molecule has 0 amide bonds. The molecule has 1 aromatic heterocycles. The highest BCUT2D eigenvalue weighted by Crippen LogP contribution is 2.46. The Morgan fingerprint density at radius 3 is 2.48 bits per heavy atom. The van der Waals surface area contributed by atoms with E-state index in [-0.39, 0.29) is 35.1 Å². The minimum absolute atomic E-state index is 0.0276. The maximum Gasteiger partial charge on any atom is 0.181 e. The number of allylic oxidation sites excluding steroid dienone is 2. The Kier molecular flexibility index (Phi) is 5.77. The van der Waals surface area contributed by atoms with Crippen molar-refractivity contribution in [1.29, 1.82) is 0 Å². The van der Waals surface area contributed by atoms with E-state index in [9.17, 15) is 18.0 Å². The molecule has 1 aromatic carbocycles. The van der Waals surface area contributed by atoms with Crippen LogP contribution in [0.4, 0.5) is 0 Å². The van der Waals surface area contributed by atoms with Crippen LogP contribution in [0, 0.1) is 12.8 Å². The lowest BCUT2D eigenvalue weighted by Gasteiger charge is -2.15. The van der Waals surface area contributed by atoms with E-state index >= 15 is 0 Å². The van der Waals surface area contributed by atoms with E-state index in [1.54, 1.807) is 24.5 Å². The summed E-state index contributed by atoms with van der Waals surface area (Å²) in [4.78, 5) is 34.3. The molecule has 0 aliphatic heterocycles. The Balaban J connectivity index is 1.52. The Bertz CT molecular complexity index is 1240. The van der Waals surface area contributed by atoms with Crippen molar-refractivity contribution < 1.29 is 18.0 Å². The van der Waals surface area contributed by atoms with Crippen molar-refractivity contribution >= 4 is 27.0 Å². The van der Waals surface area contributed by atoms with Crippen molar-refractivity contribution in [2.24, 2.45) is 5.92 Å². The van der Waals surface area contributed by atoms with Crippen molar-refractivity contribution in [3.05, 3.63) is 59.2 Å². The highest BCUT2D eigenvalue weighted by atomic mass is 32.2. The molecule has 3 saturated carbocycles. The smallest absolute Gasteiger partial charge is 0.181 e. The van der Waals surface area contributed by atoms with Gasteiger partial charge in [0, 0.05) is 30.8 Å². The third kappa shape index (κ3) is 4.83. The van der Waals surface area contributed by atoms with Gasteiger partial charge < -0.3 is 0 Å². The second-order valence-corrected chi connectivity index (χ2v) is 11.8. The van der Waals surface area contributed by atoms with Gasteiger partial charge in [0.1, 0.15) is 5.78 Å². The zero-order chi connectivity index (χ0) is 23.2. The normalized spacial score (nSPS) is 21.4. The lowest BCUT2D eigenvalue weighted by Crippen LogP contribution is -2.12. The average molecular weight is 465 g/mol. The van der Waals surface area contributed by atoms with Crippen molar-refractivity contribution in [2.75, 3.05) is 0 Å². The molecule has 1 atom stereocenters. The molecule has 3 fully saturated rings. The average Bonchev–Trinajstić information content (AvgIpc) is 3.70. The predicted octanol–water partition coefficient (Wildman–Crippen LogP) is 4.16. The molecule has 3 aliphatic rings. The van der Waals surface area contributed by atoms with E-state index in [0.29, 0.717) is 29.0 Å². The first-order valence-corrected chi connectivity index (χ1v) is 13.3. The Morgan fingerprint density at radius 2 is 1.88 bits per heavy atom. The fourth-order valence-corrected chi connectivity index (χ4v) is 6.52. The van der Waals surface area contributed by atoms with Crippen molar-refractivity contribution in [3.63, 3.8) is 0 Å². The second-order valence-electron chi connectivity index (χ2n) is 9.64. The van der Waals surface area contributed by atoms with Crippen LogP contribution in [0.25, 0.3) is 5.57 Å². The maximum absolute atomic E-state index is 13.4. The lowest BCUT2D eigenvalue weighted by atomic mass is 9.92. The standard InChI is InChI=1S/C26H28N2O4S/c1-16-14-28-20(15-27-16)13-25(30)23(11-17-2-6-21(29)10-17)19-5-9-26(24(12-19)18-3-4-18)33(31,32)22-7-8-22/h5,9,11-12,14-15,17-18,22H,2-4,6-8,10,13H2,1H3/b23-11+/t17-/m0/s1. The summed E-state index contributed by atoms with van der Waals surface area (Å²) in [5, 5.41) is -0.262. The number of aryl methyl sites for hydroxylation is 1. The van der Waals surface area contributed by atoms with Gasteiger partial charge in [-0.15, -0.1) is 0 Å². The monoisotopic (exact) mass is 464 g/mol. The Hall–Kier alpha value is -2.67. The zero-order valence-corrected chi connectivity index (χ0v) is 19.6. The van der Waals surface area contributed by atoms with Crippen LogP contribution in [-0.2, 0) is 25.8 Å². The minimum Gasteiger partial charge on any atom is -0.300 e. The van der Waals surface area contributed by atoms with Crippen LogP contribution >= 0.6 is 0 Å². The van der Waals surface area contributed by atoms with Gasteiger partial charge in [-0.1, -0.05) is 12.1 Å². The van der Waals surface area contributed by atoms with E-state index in [4.69, 9.17) is 0 Å². The first kappa shape index (κ1) is 22.1. The first-order chi connectivity index (χ1) is 15.8. The molecule has 6 nitrogen and oxygen atoms in total. The molecule has 0 radical (unpaired) electrons. The molecule has 0 saturated heterocycles. The number of rotatable bonds is 8. The highest BCUT2D eigenvalue weighted by molar-refractivity contribution is 7.92. The number of hydrogen-bond acceptors (Lipinski definition) is 6. The third-order valence-electron chi connectivity index (χ3n) is 6.77. The summed E-state index contributed by atoms with van der Waals surface area (Å²) in [5.74, 6) is 0.393. The van der Waals surface area contributed by atoms with Crippen LogP contribution in [0.2, 0.25) is 0 Å². The quantitative estimate of drug-likeness (QED) is 0.545. The molecular formula is C26H28N2O4S. The number of sulfone groups is 1. The number of hydrogen-bond donors (Lipinski definition) is 0. The summed E-state index contributed by atoms with van der Waals surface area (Å²) in [6, 6.07) is 5.37. The third-order valence-corrected chi connectivity index (χ3v) is 9.10. The van der Waals surface area contributed by atoms with Crippen LogP contribution in [0.1, 0.15) is 73.4 Å². The molecule has 1 heterocycles. The number of benzene rings is 1. The molecule has 172 valence electrons. The molecule has 5 rings (SSSR count). The highest BCUT2D eigenvalue weighted by Gasteiger charge is 2.40. The fraction of sp³-hybridized carbons (Fsp3) is 0.462. The summed E-state index contributed by atoms with van der Waals surface area (Å²) in [6.45, 7) is 1.84. The van der Waals surface area contributed by atoms with E-state index < -0.39 is 9.84 Å².